The van der Waals surface area contributed by atoms with Crippen LogP contribution in [0.5, 0.6) is 0 Å². The number of ether oxygens (including phenoxy) is 2. The Labute approximate surface area is 147 Å². The maximum atomic E-state index is 13.0. The molecule has 4 rings (SSSR count). The van der Waals surface area contributed by atoms with Crippen LogP contribution in [0.2, 0.25) is 0 Å². The molecule has 0 radical (unpaired) electrons. The molecule has 1 aromatic rings. The molecule has 3 heterocycles. The minimum atomic E-state index is -0.270. The molecule has 0 unspecified atom stereocenters. The molecule has 0 saturated carbocycles. The number of carbonyl (C=O) groups excluding carboxylic acids is 1. The van der Waals surface area contributed by atoms with Gasteiger partial charge in [-0.15, -0.1) is 0 Å². The van der Waals surface area contributed by atoms with Crippen LogP contribution in [-0.4, -0.2) is 74.9 Å². The van der Waals surface area contributed by atoms with Gasteiger partial charge in [-0.05, 0) is 17.7 Å². The highest BCUT2D eigenvalue weighted by atomic mass is 19.1. The van der Waals surface area contributed by atoms with Crippen molar-refractivity contribution in [3.05, 3.63) is 35.6 Å². The van der Waals surface area contributed by atoms with Crippen LogP contribution < -0.4 is 0 Å². The van der Waals surface area contributed by atoms with Crippen molar-refractivity contribution in [1.82, 2.24) is 9.80 Å². The number of likely N-dealkylation sites (tertiary alicyclic amines) is 1. The fourth-order valence-corrected chi connectivity index (χ4v) is 4.34. The Kier molecular flexibility index (Phi) is 4.75. The number of nitrogens with zero attached hydrogens (tertiary/aromatic N) is 2. The quantitative estimate of drug-likeness (QED) is 0.819. The Balaban J connectivity index is 1.41. The van der Waals surface area contributed by atoms with Gasteiger partial charge in [0.2, 0.25) is 5.91 Å². The molecule has 1 amide bonds. The SMILES string of the molecule is O=C(Cc1ccc(F)cc1)N1C[C@@H]2COC[C@]2(CN2CCOCC2)C1. The van der Waals surface area contributed by atoms with Crippen LogP contribution in [0.15, 0.2) is 24.3 Å². The number of carbonyl (C=O) groups is 1. The van der Waals surface area contributed by atoms with E-state index in [1.807, 2.05) is 4.90 Å². The molecule has 6 heteroatoms. The molecule has 1 aromatic carbocycles. The maximum absolute atomic E-state index is 13.0. The van der Waals surface area contributed by atoms with Crippen molar-refractivity contribution >= 4 is 5.91 Å². The summed E-state index contributed by atoms with van der Waals surface area (Å²) in [4.78, 5) is 17.1. The lowest BCUT2D eigenvalue weighted by Gasteiger charge is -2.36. The first-order chi connectivity index (χ1) is 12.1. The molecule has 3 aliphatic rings. The van der Waals surface area contributed by atoms with E-state index in [1.165, 1.54) is 12.1 Å². The maximum Gasteiger partial charge on any atom is 0.227 e. The zero-order chi connectivity index (χ0) is 17.3. The third-order valence-electron chi connectivity index (χ3n) is 5.78. The number of hydrogen-bond acceptors (Lipinski definition) is 4. The van der Waals surface area contributed by atoms with Crippen LogP contribution in [0, 0.1) is 17.2 Å². The number of morpholine rings is 1. The van der Waals surface area contributed by atoms with E-state index in [0.29, 0.717) is 12.3 Å². The number of benzene rings is 1. The largest absolute Gasteiger partial charge is 0.380 e. The molecule has 0 bridgehead atoms. The number of amides is 1. The summed E-state index contributed by atoms with van der Waals surface area (Å²) in [6.07, 6.45) is 0.335. The van der Waals surface area contributed by atoms with Gasteiger partial charge in [-0.3, -0.25) is 9.69 Å². The monoisotopic (exact) mass is 348 g/mol. The second-order valence-corrected chi connectivity index (χ2v) is 7.54. The van der Waals surface area contributed by atoms with Gasteiger partial charge in [0.15, 0.2) is 0 Å². The first-order valence-corrected chi connectivity index (χ1v) is 9.05. The minimum absolute atomic E-state index is 0.0514. The van der Waals surface area contributed by atoms with Gasteiger partial charge in [-0.25, -0.2) is 4.39 Å². The lowest BCUT2D eigenvalue weighted by atomic mass is 9.80. The first-order valence-electron chi connectivity index (χ1n) is 9.05. The van der Waals surface area contributed by atoms with E-state index in [2.05, 4.69) is 4.90 Å². The average Bonchev–Trinajstić information content (AvgIpc) is 3.14. The molecule has 2 atom stereocenters. The predicted molar refractivity (Wildman–Crippen MR) is 90.7 cm³/mol. The highest BCUT2D eigenvalue weighted by Crippen LogP contribution is 2.42. The van der Waals surface area contributed by atoms with Crippen molar-refractivity contribution in [2.45, 2.75) is 6.42 Å². The average molecular weight is 348 g/mol. The normalized spacial score (nSPS) is 29.8. The summed E-state index contributed by atoms with van der Waals surface area (Å²) in [5, 5.41) is 0. The molecule has 0 aromatic heterocycles. The van der Waals surface area contributed by atoms with Crippen LogP contribution in [0.3, 0.4) is 0 Å². The number of rotatable bonds is 4. The van der Waals surface area contributed by atoms with Crippen LogP contribution in [0.25, 0.3) is 0 Å². The third kappa shape index (κ3) is 3.57. The van der Waals surface area contributed by atoms with Crippen molar-refractivity contribution < 1.29 is 18.7 Å². The molecule has 5 nitrogen and oxygen atoms in total. The standard InChI is InChI=1S/C19H25FN2O3/c20-17-3-1-15(2-4-17)9-18(23)22-10-16-11-25-14-19(16,13-22)12-21-5-7-24-8-6-21/h1-4,16H,5-14H2/t16-,19+/m1/s1. The van der Waals surface area contributed by atoms with Gasteiger partial charge in [-0.1, -0.05) is 12.1 Å². The molecule has 0 aliphatic carbocycles. The second-order valence-electron chi connectivity index (χ2n) is 7.54. The van der Waals surface area contributed by atoms with Crippen molar-refractivity contribution in [3.8, 4) is 0 Å². The summed E-state index contributed by atoms with van der Waals surface area (Å²) in [7, 11) is 0. The highest BCUT2D eigenvalue weighted by Gasteiger charge is 2.52. The molecular weight excluding hydrogens is 323 g/mol. The topological polar surface area (TPSA) is 42.0 Å². The van der Waals surface area contributed by atoms with Crippen LogP contribution >= 0.6 is 0 Å². The van der Waals surface area contributed by atoms with Gasteiger partial charge in [0.25, 0.3) is 0 Å². The zero-order valence-electron chi connectivity index (χ0n) is 14.5. The number of halogens is 1. The Hall–Kier alpha value is -1.50. The fourth-order valence-electron chi connectivity index (χ4n) is 4.34. The molecule has 3 saturated heterocycles. The smallest absolute Gasteiger partial charge is 0.227 e. The Morgan fingerprint density at radius 3 is 2.72 bits per heavy atom. The van der Waals surface area contributed by atoms with E-state index in [4.69, 9.17) is 9.47 Å². The van der Waals surface area contributed by atoms with Crippen molar-refractivity contribution in [3.63, 3.8) is 0 Å². The van der Waals surface area contributed by atoms with Crippen molar-refractivity contribution in [1.29, 1.82) is 0 Å². The van der Waals surface area contributed by atoms with Crippen LogP contribution in [0.1, 0.15) is 5.56 Å². The van der Waals surface area contributed by atoms with E-state index in [9.17, 15) is 9.18 Å². The van der Waals surface area contributed by atoms with E-state index in [0.717, 1.165) is 64.7 Å². The lowest BCUT2D eigenvalue weighted by molar-refractivity contribution is -0.130. The molecule has 136 valence electrons. The van der Waals surface area contributed by atoms with Crippen LogP contribution in [0.4, 0.5) is 4.39 Å². The Morgan fingerprint density at radius 1 is 1.20 bits per heavy atom. The molecule has 3 fully saturated rings. The second kappa shape index (κ2) is 7.02. The number of hydrogen-bond donors (Lipinski definition) is 0. The third-order valence-corrected chi connectivity index (χ3v) is 5.78. The first kappa shape index (κ1) is 16.9. The van der Waals surface area contributed by atoms with E-state index < -0.39 is 0 Å². The lowest BCUT2D eigenvalue weighted by Crippen LogP contribution is -2.47. The van der Waals surface area contributed by atoms with Gasteiger partial charge in [-0.2, -0.15) is 0 Å². The van der Waals surface area contributed by atoms with E-state index in [-0.39, 0.29) is 17.1 Å². The summed E-state index contributed by atoms with van der Waals surface area (Å²) in [5.41, 5.74) is 0.914. The Morgan fingerprint density at radius 2 is 1.96 bits per heavy atom. The molecule has 3 aliphatic heterocycles. The van der Waals surface area contributed by atoms with E-state index >= 15 is 0 Å². The summed E-state index contributed by atoms with van der Waals surface area (Å²) in [6, 6.07) is 6.21. The number of fused-ring (bicyclic) bond motifs is 1. The van der Waals surface area contributed by atoms with Crippen molar-refractivity contribution in [2.75, 3.05) is 59.2 Å². The van der Waals surface area contributed by atoms with Crippen molar-refractivity contribution in [2.24, 2.45) is 11.3 Å². The summed E-state index contributed by atoms with van der Waals surface area (Å²) >= 11 is 0. The van der Waals surface area contributed by atoms with Gasteiger partial charge < -0.3 is 14.4 Å². The van der Waals surface area contributed by atoms with Gasteiger partial charge >= 0.3 is 0 Å². The predicted octanol–water partition coefficient (Wildman–Crippen LogP) is 1.18. The molecule has 25 heavy (non-hydrogen) atoms. The van der Waals surface area contributed by atoms with E-state index in [1.54, 1.807) is 12.1 Å². The summed E-state index contributed by atoms with van der Waals surface area (Å²) in [6.45, 7) is 7.46. The summed E-state index contributed by atoms with van der Waals surface area (Å²) in [5.74, 6) is 0.267. The Bertz CT molecular complexity index is 618. The van der Waals surface area contributed by atoms with Gasteiger partial charge in [0.1, 0.15) is 5.82 Å². The highest BCUT2D eigenvalue weighted by molar-refractivity contribution is 5.79. The summed E-state index contributed by atoms with van der Waals surface area (Å²) < 4.78 is 24.3. The minimum Gasteiger partial charge on any atom is -0.380 e. The van der Waals surface area contributed by atoms with Gasteiger partial charge in [0.05, 0.1) is 32.8 Å². The van der Waals surface area contributed by atoms with Gasteiger partial charge in [0, 0.05) is 44.1 Å². The zero-order valence-corrected chi connectivity index (χ0v) is 14.5. The molecule has 0 spiro atoms. The molecular formula is C19H25FN2O3. The fraction of sp³-hybridized carbons (Fsp3) is 0.632. The van der Waals surface area contributed by atoms with Crippen LogP contribution in [-0.2, 0) is 20.7 Å². The molecule has 0 N–H and O–H groups in total.